The minimum Gasteiger partial charge on any atom is -0.369 e. The fraction of sp³-hybridized carbons (Fsp3) is 0.625. The number of aryl methyl sites for hydroxylation is 1. The molecule has 1 aromatic carbocycles. The van der Waals surface area contributed by atoms with Crippen LogP contribution in [0.25, 0.3) is 0 Å². The van der Waals surface area contributed by atoms with Crippen LogP contribution < -0.4 is 10.6 Å². The highest BCUT2D eigenvalue weighted by Gasteiger charge is 2.33. The van der Waals surface area contributed by atoms with Gasteiger partial charge in [-0.15, -0.1) is 0 Å². The summed E-state index contributed by atoms with van der Waals surface area (Å²) < 4.78 is 0. The topological polar surface area (TPSA) is 29.3 Å². The van der Waals surface area contributed by atoms with Crippen molar-refractivity contribution in [1.82, 2.24) is 0 Å². The predicted molar refractivity (Wildman–Crippen MR) is 77.0 cm³/mol. The standard InChI is InChI=1S/C16H24N2/c1-13-7-8-14-5-2-3-6-15(14)18(13)12-11-16(17)9-4-10-16/h2-3,5-6,13H,4,7-12,17H2,1H3. The molecule has 0 amide bonds. The summed E-state index contributed by atoms with van der Waals surface area (Å²) in [5.74, 6) is 0. The van der Waals surface area contributed by atoms with Crippen molar-refractivity contribution in [2.24, 2.45) is 5.73 Å². The number of hydrogen-bond donors (Lipinski definition) is 1. The number of nitrogens with two attached hydrogens (primary N) is 1. The summed E-state index contributed by atoms with van der Waals surface area (Å²) in [6.07, 6.45) is 7.40. The van der Waals surface area contributed by atoms with Crippen LogP contribution in [-0.4, -0.2) is 18.1 Å². The second-order valence-electron chi connectivity index (χ2n) is 6.18. The largest absolute Gasteiger partial charge is 0.369 e. The van der Waals surface area contributed by atoms with Crippen molar-refractivity contribution in [1.29, 1.82) is 0 Å². The van der Waals surface area contributed by atoms with Gasteiger partial charge >= 0.3 is 0 Å². The van der Waals surface area contributed by atoms with Crippen LogP contribution in [-0.2, 0) is 6.42 Å². The highest BCUT2D eigenvalue weighted by atomic mass is 15.2. The second kappa shape index (κ2) is 4.58. The van der Waals surface area contributed by atoms with Gasteiger partial charge in [0, 0.05) is 23.8 Å². The van der Waals surface area contributed by atoms with Gasteiger partial charge in [-0.05, 0) is 57.1 Å². The molecule has 18 heavy (non-hydrogen) atoms. The normalized spacial score (nSPS) is 25.4. The Hall–Kier alpha value is -1.02. The predicted octanol–water partition coefficient (Wildman–Crippen LogP) is 3.10. The molecule has 1 aliphatic heterocycles. The molecule has 1 aliphatic carbocycles. The summed E-state index contributed by atoms with van der Waals surface area (Å²) in [5, 5.41) is 0. The Labute approximate surface area is 110 Å². The number of para-hydroxylation sites is 1. The zero-order valence-electron chi connectivity index (χ0n) is 11.4. The maximum absolute atomic E-state index is 6.36. The molecule has 0 radical (unpaired) electrons. The lowest BCUT2D eigenvalue weighted by molar-refractivity contribution is 0.231. The highest BCUT2D eigenvalue weighted by Crippen LogP contribution is 2.35. The molecule has 98 valence electrons. The zero-order chi connectivity index (χ0) is 12.6. The van der Waals surface area contributed by atoms with Crippen LogP contribution in [0.15, 0.2) is 24.3 Å². The molecule has 1 heterocycles. The lowest BCUT2D eigenvalue weighted by Gasteiger charge is -2.43. The first-order valence-corrected chi connectivity index (χ1v) is 7.31. The number of benzene rings is 1. The van der Waals surface area contributed by atoms with E-state index in [1.807, 2.05) is 0 Å². The molecule has 2 nitrogen and oxygen atoms in total. The van der Waals surface area contributed by atoms with Crippen LogP contribution in [0.1, 0.15) is 44.6 Å². The van der Waals surface area contributed by atoms with Gasteiger partial charge in [0.25, 0.3) is 0 Å². The van der Waals surface area contributed by atoms with E-state index >= 15 is 0 Å². The van der Waals surface area contributed by atoms with Crippen molar-refractivity contribution < 1.29 is 0 Å². The van der Waals surface area contributed by atoms with Crippen LogP contribution in [0, 0.1) is 0 Å². The quantitative estimate of drug-likeness (QED) is 0.885. The lowest BCUT2D eigenvalue weighted by atomic mass is 9.75. The molecular weight excluding hydrogens is 220 g/mol. The van der Waals surface area contributed by atoms with E-state index < -0.39 is 0 Å². The van der Waals surface area contributed by atoms with E-state index in [9.17, 15) is 0 Å². The van der Waals surface area contributed by atoms with Gasteiger partial charge in [0.15, 0.2) is 0 Å². The summed E-state index contributed by atoms with van der Waals surface area (Å²) >= 11 is 0. The average Bonchev–Trinajstić information content (AvgIpc) is 2.35. The van der Waals surface area contributed by atoms with Crippen molar-refractivity contribution in [2.75, 3.05) is 11.4 Å². The first-order chi connectivity index (χ1) is 8.68. The van der Waals surface area contributed by atoms with E-state index in [-0.39, 0.29) is 5.54 Å². The molecule has 3 rings (SSSR count). The van der Waals surface area contributed by atoms with Gasteiger partial charge in [0.05, 0.1) is 0 Å². The van der Waals surface area contributed by atoms with Gasteiger partial charge in [-0.3, -0.25) is 0 Å². The summed E-state index contributed by atoms with van der Waals surface area (Å²) in [7, 11) is 0. The van der Waals surface area contributed by atoms with Gasteiger partial charge in [-0.25, -0.2) is 0 Å². The highest BCUT2D eigenvalue weighted by molar-refractivity contribution is 5.56. The maximum atomic E-state index is 6.36. The van der Waals surface area contributed by atoms with Crippen LogP contribution >= 0.6 is 0 Å². The van der Waals surface area contributed by atoms with Crippen molar-refractivity contribution >= 4 is 5.69 Å². The van der Waals surface area contributed by atoms with E-state index in [4.69, 9.17) is 5.73 Å². The Morgan fingerprint density at radius 1 is 1.33 bits per heavy atom. The summed E-state index contributed by atoms with van der Waals surface area (Å²) in [6, 6.07) is 9.52. The van der Waals surface area contributed by atoms with E-state index in [1.54, 1.807) is 0 Å². The third kappa shape index (κ3) is 2.14. The molecule has 1 aromatic rings. The third-order valence-corrected chi connectivity index (χ3v) is 4.86. The molecule has 0 saturated heterocycles. The molecule has 2 N–H and O–H groups in total. The van der Waals surface area contributed by atoms with Crippen molar-refractivity contribution in [3.8, 4) is 0 Å². The van der Waals surface area contributed by atoms with Crippen LogP contribution in [0.5, 0.6) is 0 Å². The van der Waals surface area contributed by atoms with E-state index in [2.05, 4.69) is 36.1 Å². The molecule has 1 unspecified atom stereocenters. The molecule has 0 spiro atoms. The fourth-order valence-corrected chi connectivity index (χ4v) is 3.32. The smallest absolute Gasteiger partial charge is 0.0401 e. The Balaban J connectivity index is 1.74. The summed E-state index contributed by atoms with van der Waals surface area (Å²) in [4.78, 5) is 2.58. The monoisotopic (exact) mass is 244 g/mol. The number of anilines is 1. The van der Waals surface area contributed by atoms with Gasteiger partial charge in [-0.1, -0.05) is 18.2 Å². The molecule has 2 aliphatic rings. The lowest BCUT2D eigenvalue weighted by Crippen LogP contribution is -2.50. The molecule has 0 aromatic heterocycles. The number of hydrogen-bond acceptors (Lipinski definition) is 2. The molecule has 1 fully saturated rings. The maximum Gasteiger partial charge on any atom is 0.0401 e. The third-order valence-electron chi connectivity index (χ3n) is 4.86. The fourth-order valence-electron chi connectivity index (χ4n) is 3.32. The van der Waals surface area contributed by atoms with Crippen LogP contribution in [0.3, 0.4) is 0 Å². The SMILES string of the molecule is CC1CCc2ccccc2N1CCC1(N)CCC1. The Kier molecular flexibility index (Phi) is 3.06. The Bertz CT molecular complexity index is 423. The number of fused-ring (bicyclic) bond motifs is 1. The van der Waals surface area contributed by atoms with E-state index in [1.165, 1.54) is 43.4 Å². The molecule has 1 atom stereocenters. The Morgan fingerprint density at radius 2 is 2.11 bits per heavy atom. The Morgan fingerprint density at radius 3 is 2.83 bits per heavy atom. The van der Waals surface area contributed by atoms with Crippen LogP contribution in [0.4, 0.5) is 5.69 Å². The minimum atomic E-state index is 0.145. The van der Waals surface area contributed by atoms with Gasteiger partial charge in [0.1, 0.15) is 0 Å². The number of rotatable bonds is 3. The van der Waals surface area contributed by atoms with Crippen molar-refractivity contribution in [3.63, 3.8) is 0 Å². The summed E-state index contributed by atoms with van der Waals surface area (Å²) in [5.41, 5.74) is 9.46. The molecular formula is C16H24N2. The molecule has 1 saturated carbocycles. The van der Waals surface area contributed by atoms with Crippen molar-refractivity contribution in [2.45, 2.75) is 57.0 Å². The van der Waals surface area contributed by atoms with E-state index in [0.717, 1.165) is 13.0 Å². The van der Waals surface area contributed by atoms with Gasteiger partial charge in [-0.2, -0.15) is 0 Å². The molecule has 2 heteroatoms. The minimum absolute atomic E-state index is 0.145. The first kappa shape index (κ1) is 12.0. The van der Waals surface area contributed by atoms with Crippen molar-refractivity contribution in [3.05, 3.63) is 29.8 Å². The number of nitrogens with zero attached hydrogens (tertiary/aromatic N) is 1. The molecule has 0 bridgehead atoms. The van der Waals surface area contributed by atoms with Gasteiger partial charge < -0.3 is 10.6 Å². The second-order valence-corrected chi connectivity index (χ2v) is 6.18. The zero-order valence-corrected chi connectivity index (χ0v) is 11.4. The van der Waals surface area contributed by atoms with Crippen LogP contribution in [0.2, 0.25) is 0 Å². The van der Waals surface area contributed by atoms with Gasteiger partial charge in [0.2, 0.25) is 0 Å². The summed E-state index contributed by atoms with van der Waals surface area (Å²) in [6.45, 7) is 3.47. The first-order valence-electron chi connectivity index (χ1n) is 7.31. The average molecular weight is 244 g/mol. The van der Waals surface area contributed by atoms with E-state index in [0.29, 0.717) is 6.04 Å².